The first-order chi connectivity index (χ1) is 12.7. The van der Waals surface area contributed by atoms with Crippen LogP contribution in [0.3, 0.4) is 0 Å². The van der Waals surface area contributed by atoms with Crippen molar-refractivity contribution in [2.45, 2.75) is 45.3 Å². The lowest BCUT2D eigenvalue weighted by Gasteiger charge is -2.28. The van der Waals surface area contributed by atoms with Crippen molar-refractivity contribution in [1.29, 1.82) is 0 Å². The number of benzene rings is 1. The van der Waals surface area contributed by atoms with Gasteiger partial charge in [0.25, 0.3) is 0 Å². The molecule has 150 valence electrons. The summed E-state index contributed by atoms with van der Waals surface area (Å²) < 4.78 is 16.0. The lowest BCUT2D eigenvalue weighted by atomic mass is 10.2. The van der Waals surface area contributed by atoms with Gasteiger partial charge in [-0.05, 0) is 45.7 Å². The van der Waals surface area contributed by atoms with Gasteiger partial charge in [-0.3, -0.25) is 9.69 Å². The van der Waals surface area contributed by atoms with Crippen molar-refractivity contribution in [3.05, 3.63) is 23.2 Å². The third-order valence-electron chi connectivity index (χ3n) is 3.94. The molecule has 1 aromatic rings. The van der Waals surface area contributed by atoms with Gasteiger partial charge in [-0.15, -0.1) is 0 Å². The van der Waals surface area contributed by atoms with E-state index in [1.807, 2.05) is 0 Å². The Balaban J connectivity index is 2.10. The number of nitrogens with one attached hydrogen (secondary N) is 1. The Morgan fingerprint density at radius 2 is 2.04 bits per heavy atom. The largest absolute Gasteiger partial charge is 0.487 e. The summed E-state index contributed by atoms with van der Waals surface area (Å²) in [5.41, 5.74) is -0.157. The van der Waals surface area contributed by atoms with Crippen LogP contribution in [0.1, 0.15) is 33.6 Å². The molecule has 2 rings (SSSR count). The number of halogens is 1. The summed E-state index contributed by atoms with van der Waals surface area (Å²) in [7, 11) is 1.57. The zero-order valence-corrected chi connectivity index (χ0v) is 17.0. The standard InChI is InChI=1S/C19H27ClN2O5/c1-19(2,3)27-18(24)22-10-6-9-15(22)17(23)21-14-8-5-7-13(20)16(14)26-12-11-25-4/h5,7-8,15H,6,9-12H2,1-4H3,(H,21,23)/t15-/m0/s1. The van der Waals surface area contributed by atoms with Crippen LogP contribution in [0.15, 0.2) is 18.2 Å². The van der Waals surface area contributed by atoms with Crippen molar-refractivity contribution in [3.8, 4) is 5.75 Å². The maximum absolute atomic E-state index is 12.8. The van der Waals surface area contributed by atoms with Gasteiger partial charge in [-0.1, -0.05) is 17.7 Å². The van der Waals surface area contributed by atoms with Crippen LogP contribution in [0.25, 0.3) is 0 Å². The number of likely N-dealkylation sites (tertiary alicyclic amines) is 1. The zero-order chi connectivity index (χ0) is 20.0. The first-order valence-electron chi connectivity index (χ1n) is 8.93. The number of hydrogen-bond acceptors (Lipinski definition) is 5. The highest BCUT2D eigenvalue weighted by Crippen LogP contribution is 2.33. The fourth-order valence-corrected chi connectivity index (χ4v) is 3.00. The molecule has 7 nitrogen and oxygen atoms in total. The first kappa shape index (κ1) is 21.3. The van der Waals surface area contributed by atoms with Crippen molar-refractivity contribution in [2.75, 3.05) is 32.2 Å². The van der Waals surface area contributed by atoms with E-state index in [1.54, 1.807) is 46.1 Å². The third-order valence-corrected chi connectivity index (χ3v) is 4.24. The Kier molecular flexibility index (Phi) is 7.33. The fraction of sp³-hybridized carbons (Fsp3) is 0.579. The molecule has 1 fully saturated rings. The second kappa shape index (κ2) is 9.28. The quantitative estimate of drug-likeness (QED) is 0.739. The third kappa shape index (κ3) is 6.01. The molecular formula is C19H27ClN2O5. The number of carbonyl (C=O) groups excluding carboxylic acids is 2. The predicted octanol–water partition coefficient (Wildman–Crippen LogP) is 3.70. The van der Waals surface area contributed by atoms with E-state index in [2.05, 4.69) is 5.32 Å². The number of carbonyl (C=O) groups is 2. The van der Waals surface area contributed by atoms with Crippen molar-refractivity contribution in [3.63, 3.8) is 0 Å². The van der Waals surface area contributed by atoms with Crippen molar-refractivity contribution in [2.24, 2.45) is 0 Å². The van der Waals surface area contributed by atoms with Gasteiger partial charge in [-0.2, -0.15) is 0 Å². The summed E-state index contributed by atoms with van der Waals surface area (Å²) in [6, 6.07) is 4.52. The van der Waals surface area contributed by atoms with Gasteiger partial charge < -0.3 is 19.5 Å². The van der Waals surface area contributed by atoms with E-state index >= 15 is 0 Å². The van der Waals surface area contributed by atoms with Gasteiger partial charge in [0.2, 0.25) is 5.91 Å². The molecule has 0 aliphatic carbocycles. The van der Waals surface area contributed by atoms with Crippen LogP contribution < -0.4 is 10.1 Å². The van der Waals surface area contributed by atoms with E-state index in [0.29, 0.717) is 42.6 Å². The van der Waals surface area contributed by atoms with Gasteiger partial charge in [0.1, 0.15) is 18.2 Å². The highest BCUT2D eigenvalue weighted by atomic mass is 35.5. The molecule has 0 saturated carbocycles. The van der Waals surface area contributed by atoms with Crippen LogP contribution in [0.4, 0.5) is 10.5 Å². The predicted molar refractivity (Wildman–Crippen MR) is 103 cm³/mol. The van der Waals surface area contributed by atoms with E-state index in [1.165, 1.54) is 4.90 Å². The maximum atomic E-state index is 12.8. The molecule has 1 aromatic carbocycles. The Morgan fingerprint density at radius 1 is 1.30 bits per heavy atom. The SMILES string of the molecule is COCCOc1c(Cl)cccc1NC(=O)[C@@H]1CCCN1C(=O)OC(C)(C)C. The second-order valence-corrected chi connectivity index (χ2v) is 7.69. The maximum Gasteiger partial charge on any atom is 0.410 e. The van der Waals surface area contributed by atoms with Gasteiger partial charge in [0, 0.05) is 13.7 Å². The van der Waals surface area contributed by atoms with Crippen molar-refractivity contribution < 1.29 is 23.8 Å². The Bertz CT molecular complexity index is 675. The van der Waals surface area contributed by atoms with Crippen LogP contribution in [0.5, 0.6) is 5.75 Å². The van der Waals surface area contributed by atoms with Crippen LogP contribution in [-0.4, -0.2) is 55.4 Å². The van der Waals surface area contributed by atoms with E-state index < -0.39 is 17.7 Å². The molecule has 27 heavy (non-hydrogen) atoms. The second-order valence-electron chi connectivity index (χ2n) is 7.28. The number of rotatable bonds is 6. The van der Waals surface area contributed by atoms with Gasteiger partial charge in [-0.25, -0.2) is 4.79 Å². The summed E-state index contributed by atoms with van der Waals surface area (Å²) in [5, 5.41) is 3.22. The van der Waals surface area contributed by atoms with Crippen molar-refractivity contribution >= 4 is 29.3 Å². The topological polar surface area (TPSA) is 77.1 Å². The normalized spacial score (nSPS) is 16.9. The van der Waals surface area contributed by atoms with Crippen LogP contribution in [0.2, 0.25) is 5.02 Å². The monoisotopic (exact) mass is 398 g/mol. The van der Waals surface area contributed by atoms with Crippen LogP contribution >= 0.6 is 11.6 Å². The Labute approximate surface area is 164 Å². The molecule has 1 saturated heterocycles. The number of para-hydroxylation sites is 1. The number of hydrogen-bond donors (Lipinski definition) is 1. The van der Waals surface area contributed by atoms with Gasteiger partial charge in [0.05, 0.1) is 17.3 Å². The molecule has 1 heterocycles. The minimum absolute atomic E-state index is 0.294. The molecule has 0 unspecified atom stereocenters. The highest BCUT2D eigenvalue weighted by molar-refractivity contribution is 6.32. The number of nitrogens with zero attached hydrogens (tertiary/aromatic N) is 1. The summed E-state index contributed by atoms with van der Waals surface area (Å²) in [4.78, 5) is 26.7. The smallest absolute Gasteiger partial charge is 0.410 e. The molecule has 8 heteroatoms. The fourth-order valence-electron chi connectivity index (χ4n) is 2.78. The molecule has 0 spiro atoms. The molecule has 0 aromatic heterocycles. The molecule has 2 amide bonds. The average Bonchev–Trinajstić information content (AvgIpc) is 3.06. The summed E-state index contributed by atoms with van der Waals surface area (Å²) in [5.74, 6) is 0.0867. The molecule has 0 radical (unpaired) electrons. The molecule has 0 bridgehead atoms. The molecule has 1 N–H and O–H groups in total. The molecule has 1 aliphatic heterocycles. The average molecular weight is 399 g/mol. The number of anilines is 1. The van der Waals surface area contributed by atoms with Crippen molar-refractivity contribution in [1.82, 2.24) is 4.90 Å². The minimum atomic E-state index is -0.615. The Morgan fingerprint density at radius 3 is 2.70 bits per heavy atom. The van der Waals surface area contributed by atoms with E-state index in [-0.39, 0.29) is 5.91 Å². The number of ether oxygens (including phenoxy) is 3. The van der Waals surface area contributed by atoms with Gasteiger partial charge >= 0.3 is 6.09 Å². The number of amides is 2. The number of methoxy groups -OCH3 is 1. The van der Waals surface area contributed by atoms with E-state index in [0.717, 1.165) is 6.42 Å². The van der Waals surface area contributed by atoms with E-state index in [9.17, 15) is 9.59 Å². The summed E-state index contributed by atoms with van der Waals surface area (Å²) in [6.45, 7) is 6.58. The Hall–Kier alpha value is -1.99. The highest BCUT2D eigenvalue weighted by Gasteiger charge is 2.36. The van der Waals surface area contributed by atoms with Crippen LogP contribution in [0, 0.1) is 0 Å². The zero-order valence-electron chi connectivity index (χ0n) is 16.2. The van der Waals surface area contributed by atoms with Crippen LogP contribution in [-0.2, 0) is 14.3 Å². The summed E-state index contributed by atoms with van der Waals surface area (Å²) in [6.07, 6.45) is 0.832. The lowest BCUT2D eigenvalue weighted by molar-refractivity contribution is -0.120. The molecule has 1 atom stereocenters. The minimum Gasteiger partial charge on any atom is -0.487 e. The molecule has 1 aliphatic rings. The summed E-state index contributed by atoms with van der Waals surface area (Å²) >= 11 is 6.20. The van der Waals surface area contributed by atoms with E-state index in [4.69, 9.17) is 25.8 Å². The molecular weight excluding hydrogens is 372 g/mol. The lowest BCUT2D eigenvalue weighted by Crippen LogP contribution is -2.45. The van der Waals surface area contributed by atoms with Gasteiger partial charge in [0.15, 0.2) is 5.75 Å². The first-order valence-corrected chi connectivity index (χ1v) is 9.31.